The maximum atomic E-state index is 6.08. The Morgan fingerprint density at radius 2 is 1.62 bits per heavy atom. The van der Waals surface area contributed by atoms with E-state index in [0.29, 0.717) is 5.33 Å². The van der Waals surface area contributed by atoms with Crippen LogP contribution in [0, 0.1) is 6.92 Å². The summed E-state index contributed by atoms with van der Waals surface area (Å²) in [5, 5.41) is 5.31. The molecular weight excluding hydrogens is 328 g/mol. The fourth-order valence-corrected chi connectivity index (χ4v) is 2.79. The zero-order valence-electron chi connectivity index (χ0n) is 11.7. The Bertz CT molecular complexity index is 723. The molecule has 3 rings (SSSR count). The molecule has 0 saturated carbocycles. The van der Waals surface area contributed by atoms with Crippen LogP contribution in [0.3, 0.4) is 0 Å². The van der Waals surface area contributed by atoms with Crippen molar-refractivity contribution in [3.8, 4) is 17.3 Å². The molecule has 0 amide bonds. The third-order valence-electron chi connectivity index (χ3n) is 3.23. The van der Waals surface area contributed by atoms with E-state index < -0.39 is 0 Å². The van der Waals surface area contributed by atoms with E-state index in [-0.39, 0.29) is 0 Å². The van der Waals surface area contributed by atoms with Gasteiger partial charge in [-0.25, -0.2) is 4.68 Å². The standard InChI is InChI=1S/C17H15BrN2O/c1-13-16(12-18)17(21-15-10-6-3-7-11-15)20(19-13)14-8-4-2-5-9-14/h2-11H,12H2,1H3. The number of alkyl halides is 1. The molecular formula is C17H15BrN2O. The lowest BCUT2D eigenvalue weighted by Crippen LogP contribution is -2.00. The SMILES string of the molecule is Cc1nn(-c2ccccc2)c(Oc2ccccc2)c1CBr. The summed E-state index contributed by atoms with van der Waals surface area (Å²) in [6.45, 7) is 1.99. The zero-order valence-corrected chi connectivity index (χ0v) is 13.2. The molecule has 2 aromatic carbocycles. The highest BCUT2D eigenvalue weighted by molar-refractivity contribution is 9.08. The fraction of sp³-hybridized carbons (Fsp3) is 0.118. The van der Waals surface area contributed by atoms with Gasteiger partial charge in [0.1, 0.15) is 5.75 Å². The van der Waals surface area contributed by atoms with Gasteiger partial charge in [0.2, 0.25) is 5.88 Å². The van der Waals surface area contributed by atoms with Crippen LogP contribution in [-0.4, -0.2) is 9.78 Å². The molecule has 0 aliphatic carbocycles. The number of aryl methyl sites for hydroxylation is 1. The quantitative estimate of drug-likeness (QED) is 0.632. The van der Waals surface area contributed by atoms with Crippen LogP contribution in [0.15, 0.2) is 60.7 Å². The van der Waals surface area contributed by atoms with Crippen LogP contribution < -0.4 is 4.74 Å². The second kappa shape index (κ2) is 6.14. The first-order valence-corrected chi connectivity index (χ1v) is 7.84. The van der Waals surface area contributed by atoms with E-state index in [1.54, 1.807) is 0 Å². The highest BCUT2D eigenvalue weighted by Crippen LogP contribution is 2.31. The van der Waals surface area contributed by atoms with Crippen LogP contribution in [-0.2, 0) is 5.33 Å². The van der Waals surface area contributed by atoms with Crippen molar-refractivity contribution in [2.24, 2.45) is 0 Å². The van der Waals surface area contributed by atoms with Gasteiger partial charge in [-0.05, 0) is 31.2 Å². The van der Waals surface area contributed by atoms with Crippen molar-refractivity contribution in [3.63, 3.8) is 0 Å². The Morgan fingerprint density at radius 1 is 1.00 bits per heavy atom. The van der Waals surface area contributed by atoms with E-state index in [1.165, 1.54) is 0 Å². The normalized spacial score (nSPS) is 10.6. The number of hydrogen-bond acceptors (Lipinski definition) is 2. The Balaban J connectivity index is 2.09. The zero-order chi connectivity index (χ0) is 14.7. The second-order valence-corrected chi connectivity index (χ2v) is 5.23. The molecule has 0 aliphatic heterocycles. The van der Waals surface area contributed by atoms with Crippen LogP contribution in [0.5, 0.6) is 11.6 Å². The van der Waals surface area contributed by atoms with Gasteiger partial charge in [0.05, 0.1) is 11.4 Å². The van der Waals surface area contributed by atoms with Gasteiger partial charge >= 0.3 is 0 Å². The lowest BCUT2D eigenvalue weighted by atomic mass is 10.3. The van der Waals surface area contributed by atoms with Crippen molar-refractivity contribution in [1.29, 1.82) is 0 Å². The fourth-order valence-electron chi connectivity index (χ4n) is 2.14. The van der Waals surface area contributed by atoms with Crippen LogP contribution in [0.25, 0.3) is 5.69 Å². The third kappa shape index (κ3) is 2.85. The molecule has 0 unspecified atom stereocenters. The summed E-state index contributed by atoms with van der Waals surface area (Å²) in [5.74, 6) is 1.55. The van der Waals surface area contributed by atoms with Crippen molar-refractivity contribution >= 4 is 15.9 Å². The highest BCUT2D eigenvalue weighted by Gasteiger charge is 2.17. The number of aromatic nitrogens is 2. The summed E-state index contributed by atoms with van der Waals surface area (Å²) in [5.41, 5.74) is 3.00. The van der Waals surface area contributed by atoms with Crippen LogP contribution in [0.1, 0.15) is 11.3 Å². The first kappa shape index (κ1) is 13.9. The van der Waals surface area contributed by atoms with Gasteiger partial charge in [-0.1, -0.05) is 52.3 Å². The molecule has 21 heavy (non-hydrogen) atoms. The van der Waals surface area contributed by atoms with Gasteiger partial charge in [0, 0.05) is 10.9 Å². The summed E-state index contributed by atoms with van der Waals surface area (Å²) in [6.07, 6.45) is 0. The average Bonchev–Trinajstić information content (AvgIpc) is 2.85. The predicted molar refractivity (Wildman–Crippen MR) is 87.4 cm³/mol. The molecule has 0 fully saturated rings. The lowest BCUT2D eigenvalue weighted by molar-refractivity contribution is 0.441. The summed E-state index contributed by atoms with van der Waals surface area (Å²) in [4.78, 5) is 0. The molecule has 0 saturated heterocycles. The number of halogens is 1. The van der Waals surface area contributed by atoms with Crippen molar-refractivity contribution in [1.82, 2.24) is 9.78 Å². The number of rotatable bonds is 4. The van der Waals surface area contributed by atoms with Gasteiger partial charge in [-0.2, -0.15) is 5.10 Å². The largest absolute Gasteiger partial charge is 0.439 e. The summed E-state index contributed by atoms with van der Waals surface area (Å²) in [7, 11) is 0. The van der Waals surface area contributed by atoms with Gasteiger partial charge in [0.25, 0.3) is 0 Å². The van der Waals surface area contributed by atoms with Crippen molar-refractivity contribution in [2.45, 2.75) is 12.3 Å². The highest BCUT2D eigenvalue weighted by atomic mass is 79.9. The summed E-state index contributed by atoms with van der Waals surface area (Å²) in [6, 6.07) is 19.8. The molecule has 0 spiro atoms. The van der Waals surface area contributed by atoms with Crippen molar-refractivity contribution in [3.05, 3.63) is 71.9 Å². The number of para-hydroxylation sites is 2. The van der Waals surface area contributed by atoms with E-state index in [2.05, 4.69) is 21.0 Å². The van der Waals surface area contributed by atoms with Gasteiger partial charge in [-0.3, -0.25) is 0 Å². The molecule has 1 heterocycles. The Hall–Kier alpha value is -2.07. The molecule has 3 aromatic rings. The topological polar surface area (TPSA) is 27.1 Å². The van der Waals surface area contributed by atoms with Crippen molar-refractivity contribution < 1.29 is 4.74 Å². The predicted octanol–water partition coefficient (Wildman–Crippen LogP) is 4.87. The molecule has 4 heteroatoms. The number of benzene rings is 2. The average molecular weight is 343 g/mol. The summed E-state index contributed by atoms with van der Waals surface area (Å²) < 4.78 is 7.92. The first-order valence-electron chi connectivity index (χ1n) is 6.72. The maximum Gasteiger partial charge on any atom is 0.226 e. The second-order valence-electron chi connectivity index (χ2n) is 4.67. The lowest BCUT2D eigenvalue weighted by Gasteiger charge is -2.10. The minimum atomic E-state index is 0.702. The number of nitrogens with zero attached hydrogens (tertiary/aromatic N) is 2. The van der Waals surface area contributed by atoms with E-state index in [4.69, 9.17) is 4.74 Å². The van der Waals surface area contributed by atoms with E-state index >= 15 is 0 Å². The van der Waals surface area contributed by atoms with Gasteiger partial charge in [0.15, 0.2) is 0 Å². The molecule has 0 radical (unpaired) electrons. The van der Waals surface area contributed by atoms with Crippen LogP contribution >= 0.6 is 15.9 Å². The molecule has 106 valence electrons. The Kier molecular flexibility index (Phi) is 4.06. The van der Waals surface area contributed by atoms with Crippen LogP contribution in [0.4, 0.5) is 0 Å². The van der Waals surface area contributed by atoms with E-state index in [1.807, 2.05) is 72.3 Å². The molecule has 0 bridgehead atoms. The molecule has 0 atom stereocenters. The Morgan fingerprint density at radius 3 is 2.24 bits per heavy atom. The van der Waals surface area contributed by atoms with E-state index in [0.717, 1.165) is 28.6 Å². The van der Waals surface area contributed by atoms with Crippen molar-refractivity contribution in [2.75, 3.05) is 0 Å². The Labute approximate surface area is 132 Å². The van der Waals surface area contributed by atoms with Gasteiger partial charge < -0.3 is 4.74 Å². The van der Waals surface area contributed by atoms with Gasteiger partial charge in [-0.15, -0.1) is 0 Å². The minimum Gasteiger partial charge on any atom is -0.439 e. The van der Waals surface area contributed by atoms with E-state index in [9.17, 15) is 0 Å². The molecule has 3 nitrogen and oxygen atoms in total. The molecule has 0 aliphatic rings. The van der Waals surface area contributed by atoms with Crippen LogP contribution in [0.2, 0.25) is 0 Å². The number of hydrogen-bond donors (Lipinski definition) is 0. The smallest absolute Gasteiger partial charge is 0.226 e. The maximum absolute atomic E-state index is 6.08. The third-order valence-corrected chi connectivity index (χ3v) is 3.79. The molecule has 0 N–H and O–H groups in total. The monoisotopic (exact) mass is 342 g/mol. The minimum absolute atomic E-state index is 0.702. The summed E-state index contributed by atoms with van der Waals surface area (Å²) >= 11 is 3.53. The molecule has 1 aromatic heterocycles. The first-order chi connectivity index (χ1) is 10.3. The number of ether oxygens (including phenoxy) is 1.